The minimum absolute atomic E-state index is 0.0638. The van der Waals surface area contributed by atoms with E-state index in [1.54, 1.807) is 7.11 Å². The zero-order valence-corrected chi connectivity index (χ0v) is 12.3. The van der Waals surface area contributed by atoms with Gasteiger partial charge in [-0.25, -0.2) is 0 Å². The second kappa shape index (κ2) is 5.60. The molecular formula is C18H19NO2. The molecule has 1 saturated heterocycles. The fourth-order valence-corrected chi connectivity index (χ4v) is 3.02. The van der Waals surface area contributed by atoms with Crippen molar-refractivity contribution in [2.75, 3.05) is 18.6 Å². The Hall–Kier alpha value is -2.29. The molecule has 0 radical (unpaired) electrons. The van der Waals surface area contributed by atoms with Crippen molar-refractivity contribution >= 4 is 11.5 Å². The molecule has 1 aliphatic rings. The highest BCUT2D eigenvalue weighted by Gasteiger charge is 2.39. The summed E-state index contributed by atoms with van der Waals surface area (Å²) in [6.45, 7) is 2.67. The van der Waals surface area contributed by atoms with E-state index in [0.29, 0.717) is 6.54 Å². The van der Waals surface area contributed by atoms with E-state index in [9.17, 15) is 4.79 Å². The fourth-order valence-electron chi connectivity index (χ4n) is 3.02. The summed E-state index contributed by atoms with van der Waals surface area (Å²) in [5.41, 5.74) is 2.08. The minimum atomic E-state index is -0.133. The van der Waals surface area contributed by atoms with Gasteiger partial charge in [-0.05, 0) is 24.6 Å². The molecule has 3 heteroatoms. The van der Waals surface area contributed by atoms with Crippen LogP contribution in [0, 0.1) is 0 Å². The lowest BCUT2D eigenvalue weighted by molar-refractivity contribution is -0.119. The smallest absolute Gasteiger partial charge is 0.164 e. The predicted octanol–water partition coefficient (Wildman–Crippen LogP) is 3.26. The maximum Gasteiger partial charge on any atom is 0.164 e. The third-order valence-corrected chi connectivity index (χ3v) is 4.20. The summed E-state index contributed by atoms with van der Waals surface area (Å²) in [5, 5.41) is 0. The number of anilines is 1. The van der Waals surface area contributed by atoms with Crippen molar-refractivity contribution in [3.8, 4) is 5.75 Å². The van der Waals surface area contributed by atoms with Crippen molar-refractivity contribution in [1.29, 1.82) is 0 Å². The molecule has 1 fully saturated rings. The Morgan fingerprint density at radius 2 is 1.71 bits per heavy atom. The number of ketones is 1. The van der Waals surface area contributed by atoms with E-state index in [4.69, 9.17) is 4.74 Å². The van der Waals surface area contributed by atoms with E-state index in [-0.39, 0.29) is 17.7 Å². The quantitative estimate of drug-likeness (QED) is 0.865. The zero-order valence-electron chi connectivity index (χ0n) is 12.3. The van der Waals surface area contributed by atoms with Gasteiger partial charge in [0.1, 0.15) is 5.75 Å². The molecule has 2 aromatic rings. The van der Waals surface area contributed by atoms with Gasteiger partial charge in [-0.15, -0.1) is 0 Å². The molecule has 0 aliphatic carbocycles. The largest absolute Gasteiger partial charge is 0.495 e. The number of methoxy groups -OCH3 is 1. The van der Waals surface area contributed by atoms with Gasteiger partial charge >= 0.3 is 0 Å². The number of nitrogens with zero attached hydrogens (tertiary/aromatic N) is 1. The first kappa shape index (κ1) is 13.7. The topological polar surface area (TPSA) is 29.5 Å². The summed E-state index contributed by atoms with van der Waals surface area (Å²) in [7, 11) is 1.66. The van der Waals surface area contributed by atoms with Crippen molar-refractivity contribution < 1.29 is 9.53 Å². The Balaban J connectivity index is 1.94. The first-order valence-corrected chi connectivity index (χ1v) is 7.20. The molecule has 21 heavy (non-hydrogen) atoms. The zero-order chi connectivity index (χ0) is 14.8. The van der Waals surface area contributed by atoms with Crippen LogP contribution in [0.4, 0.5) is 5.69 Å². The molecule has 1 aliphatic heterocycles. The van der Waals surface area contributed by atoms with Gasteiger partial charge in [0.15, 0.2) is 5.78 Å². The lowest BCUT2D eigenvalue weighted by atomic mass is 9.96. The molecular weight excluding hydrogens is 262 g/mol. The van der Waals surface area contributed by atoms with E-state index < -0.39 is 0 Å². The molecule has 0 aromatic heterocycles. The Morgan fingerprint density at radius 1 is 1.05 bits per heavy atom. The van der Waals surface area contributed by atoms with Crippen LogP contribution in [0.3, 0.4) is 0 Å². The molecule has 3 rings (SSSR count). The van der Waals surface area contributed by atoms with Gasteiger partial charge in [-0.1, -0.05) is 42.5 Å². The average molecular weight is 281 g/mol. The van der Waals surface area contributed by atoms with Crippen molar-refractivity contribution in [3.05, 3.63) is 60.2 Å². The summed E-state index contributed by atoms with van der Waals surface area (Å²) in [4.78, 5) is 14.7. The number of benzene rings is 2. The van der Waals surface area contributed by atoms with E-state index >= 15 is 0 Å². The number of rotatable bonds is 3. The molecule has 3 nitrogen and oxygen atoms in total. The number of hydrogen-bond acceptors (Lipinski definition) is 3. The number of ether oxygens (including phenoxy) is 1. The molecule has 0 spiro atoms. The average Bonchev–Trinajstić information content (AvgIpc) is 2.84. The molecule has 0 amide bonds. The van der Waals surface area contributed by atoms with E-state index in [1.165, 1.54) is 0 Å². The van der Waals surface area contributed by atoms with Crippen LogP contribution in [-0.4, -0.2) is 25.5 Å². The summed E-state index contributed by atoms with van der Waals surface area (Å²) in [6, 6.07) is 17.7. The van der Waals surface area contributed by atoms with Crippen molar-refractivity contribution in [2.24, 2.45) is 0 Å². The molecule has 108 valence electrons. The third kappa shape index (κ3) is 2.40. The third-order valence-electron chi connectivity index (χ3n) is 4.20. The maximum atomic E-state index is 12.6. The lowest BCUT2D eigenvalue weighted by Gasteiger charge is -2.24. The second-order valence-electron chi connectivity index (χ2n) is 5.37. The van der Waals surface area contributed by atoms with Crippen LogP contribution in [0.15, 0.2) is 54.6 Å². The first-order valence-electron chi connectivity index (χ1n) is 7.20. The summed E-state index contributed by atoms with van der Waals surface area (Å²) < 4.78 is 5.43. The molecule has 2 aromatic carbocycles. The molecule has 2 unspecified atom stereocenters. The summed E-state index contributed by atoms with van der Waals surface area (Å²) in [6.07, 6.45) is 0. The minimum Gasteiger partial charge on any atom is -0.495 e. The van der Waals surface area contributed by atoms with E-state index in [1.807, 2.05) is 61.5 Å². The number of carbonyl (C=O) groups is 1. The van der Waals surface area contributed by atoms with E-state index in [2.05, 4.69) is 4.90 Å². The summed E-state index contributed by atoms with van der Waals surface area (Å²) >= 11 is 0. The van der Waals surface area contributed by atoms with Crippen LogP contribution >= 0.6 is 0 Å². The Labute approximate surface area is 125 Å². The standard InChI is InChI=1S/C18H19NO2/c1-13-18(20)15(14-8-4-3-5-9-14)12-19(13)16-10-6-7-11-17(16)21-2/h3-11,13,15H,12H2,1-2H3. The Morgan fingerprint density at radius 3 is 2.43 bits per heavy atom. The number of carbonyl (C=O) groups excluding carboxylic acids is 1. The van der Waals surface area contributed by atoms with Crippen LogP contribution in [0.2, 0.25) is 0 Å². The van der Waals surface area contributed by atoms with Crippen molar-refractivity contribution in [3.63, 3.8) is 0 Å². The van der Waals surface area contributed by atoms with Crippen molar-refractivity contribution in [1.82, 2.24) is 0 Å². The van der Waals surface area contributed by atoms with Crippen LogP contribution in [-0.2, 0) is 4.79 Å². The molecule has 1 heterocycles. The fraction of sp³-hybridized carbons (Fsp3) is 0.278. The van der Waals surface area contributed by atoms with Gasteiger partial charge in [0, 0.05) is 6.54 Å². The number of para-hydroxylation sites is 2. The van der Waals surface area contributed by atoms with Crippen LogP contribution in [0.5, 0.6) is 5.75 Å². The molecule has 0 bridgehead atoms. The van der Waals surface area contributed by atoms with Crippen LogP contribution < -0.4 is 9.64 Å². The normalized spacial score (nSPS) is 21.6. The van der Waals surface area contributed by atoms with Gasteiger partial charge in [-0.3, -0.25) is 4.79 Å². The van der Waals surface area contributed by atoms with Gasteiger partial charge < -0.3 is 9.64 Å². The van der Waals surface area contributed by atoms with Gasteiger partial charge in [0.2, 0.25) is 0 Å². The summed E-state index contributed by atoms with van der Waals surface area (Å²) in [5.74, 6) is 1.02. The number of hydrogen-bond donors (Lipinski definition) is 0. The van der Waals surface area contributed by atoms with Crippen molar-refractivity contribution in [2.45, 2.75) is 18.9 Å². The second-order valence-corrected chi connectivity index (χ2v) is 5.37. The Kier molecular flexibility index (Phi) is 3.65. The SMILES string of the molecule is COc1ccccc1N1CC(c2ccccc2)C(=O)C1C. The highest BCUT2D eigenvalue weighted by molar-refractivity contribution is 5.97. The molecule has 2 atom stereocenters. The Bertz CT molecular complexity index is 639. The number of Topliss-reactive ketones (excluding diaryl/α,β-unsaturated/α-hetero) is 1. The lowest BCUT2D eigenvalue weighted by Crippen LogP contribution is -2.30. The molecule has 0 N–H and O–H groups in total. The van der Waals surface area contributed by atoms with Gasteiger partial charge in [0.25, 0.3) is 0 Å². The van der Waals surface area contributed by atoms with E-state index in [0.717, 1.165) is 17.0 Å². The van der Waals surface area contributed by atoms with Gasteiger partial charge in [-0.2, -0.15) is 0 Å². The first-order chi connectivity index (χ1) is 10.2. The molecule has 0 saturated carbocycles. The highest BCUT2D eigenvalue weighted by Crippen LogP contribution is 2.36. The highest BCUT2D eigenvalue weighted by atomic mass is 16.5. The maximum absolute atomic E-state index is 12.6. The van der Waals surface area contributed by atoms with Gasteiger partial charge in [0.05, 0.1) is 24.8 Å². The van der Waals surface area contributed by atoms with Crippen LogP contribution in [0.25, 0.3) is 0 Å². The monoisotopic (exact) mass is 281 g/mol. The predicted molar refractivity (Wildman–Crippen MR) is 84.0 cm³/mol. The van der Waals surface area contributed by atoms with Crippen LogP contribution in [0.1, 0.15) is 18.4 Å².